The summed E-state index contributed by atoms with van der Waals surface area (Å²) in [5, 5.41) is 15.1. The number of aromatic nitrogens is 4. The number of nitrogens with zero attached hydrogens (tertiary/aromatic N) is 4. The van der Waals surface area contributed by atoms with Gasteiger partial charge in [0.15, 0.2) is 0 Å². The average molecular weight is 353 g/mol. The van der Waals surface area contributed by atoms with E-state index in [1.54, 1.807) is 4.68 Å². The van der Waals surface area contributed by atoms with E-state index in [1.165, 1.54) is 11.8 Å². The topological polar surface area (TPSA) is 72.7 Å². The minimum absolute atomic E-state index is 0.0905. The molecular weight excluding hydrogens is 334 g/mol. The molecule has 1 atom stereocenters. The molecule has 0 radical (unpaired) electrons. The first kappa shape index (κ1) is 17.2. The van der Waals surface area contributed by atoms with E-state index >= 15 is 0 Å². The Labute approximate surface area is 150 Å². The Morgan fingerprint density at radius 3 is 2.44 bits per heavy atom. The third kappa shape index (κ3) is 3.88. The maximum Gasteiger partial charge on any atom is 0.237 e. The number of carbonyl (C=O) groups excluding carboxylic acids is 1. The highest BCUT2D eigenvalue weighted by Gasteiger charge is 2.20. The second-order valence-corrected chi connectivity index (χ2v) is 7.04. The first-order valence-electron chi connectivity index (χ1n) is 7.94. The van der Waals surface area contributed by atoms with E-state index in [0.717, 1.165) is 22.5 Å². The lowest BCUT2D eigenvalue weighted by atomic mass is 10.1. The fourth-order valence-electron chi connectivity index (χ4n) is 2.51. The Morgan fingerprint density at radius 2 is 1.76 bits per heavy atom. The van der Waals surface area contributed by atoms with Gasteiger partial charge in [-0.2, -0.15) is 4.68 Å². The summed E-state index contributed by atoms with van der Waals surface area (Å²) in [4.78, 5) is 12.4. The summed E-state index contributed by atoms with van der Waals surface area (Å²) in [5.41, 5.74) is 3.88. The van der Waals surface area contributed by atoms with Gasteiger partial charge in [-0.15, -0.1) is 5.10 Å². The molecule has 7 heteroatoms. The Balaban J connectivity index is 1.78. The van der Waals surface area contributed by atoms with Crippen LogP contribution in [0.5, 0.6) is 0 Å². The number of amides is 1. The molecule has 3 rings (SSSR count). The molecule has 0 saturated heterocycles. The van der Waals surface area contributed by atoms with Gasteiger partial charge in [0.1, 0.15) is 0 Å². The Bertz CT molecular complexity index is 858. The SMILES string of the molecule is Cc1cccc(C)c1-n1nnnc1S[C@@H](C)C(=O)Nc1ccccc1. The minimum atomic E-state index is -0.339. The molecule has 0 saturated carbocycles. The van der Waals surface area contributed by atoms with Crippen molar-refractivity contribution in [2.75, 3.05) is 5.32 Å². The van der Waals surface area contributed by atoms with E-state index in [2.05, 4.69) is 20.8 Å². The van der Waals surface area contributed by atoms with Crippen LogP contribution in [0.3, 0.4) is 0 Å². The number of tetrazole rings is 1. The molecule has 1 N–H and O–H groups in total. The van der Waals surface area contributed by atoms with Crippen LogP contribution < -0.4 is 5.32 Å². The maximum absolute atomic E-state index is 12.4. The lowest BCUT2D eigenvalue weighted by molar-refractivity contribution is -0.115. The highest BCUT2D eigenvalue weighted by molar-refractivity contribution is 8.00. The van der Waals surface area contributed by atoms with Gasteiger partial charge >= 0.3 is 0 Å². The van der Waals surface area contributed by atoms with Crippen molar-refractivity contribution in [3.05, 3.63) is 59.7 Å². The van der Waals surface area contributed by atoms with E-state index in [0.29, 0.717) is 5.16 Å². The highest BCUT2D eigenvalue weighted by atomic mass is 32.2. The number of anilines is 1. The summed E-state index contributed by atoms with van der Waals surface area (Å²) in [6.45, 7) is 5.88. The van der Waals surface area contributed by atoms with Crippen molar-refractivity contribution in [2.24, 2.45) is 0 Å². The number of nitrogens with one attached hydrogen (secondary N) is 1. The molecular formula is C18H19N5OS. The lowest BCUT2D eigenvalue weighted by Crippen LogP contribution is -2.23. The number of hydrogen-bond donors (Lipinski definition) is 1. The summed E-state index contributed by atoms with van der Waals surface area (Å²) in [5.74, 6) is -0.0905. The quantitative estimate of drug-likeness (QED) is 0.712. The Kier molecular flexibility index (Phi) is 5.14. The molecule has 2 aromatic carbocycles. The molecule has 1 heterocycles. The van der Waals surface area contributed by atoms with Crippen LogP contribution in [-0.2, 0) is 4.79 Å². The molecule has 1 aromatic heterocycles. The van der Waals surface area contributed by atoms with Crippen molar-refractivity contribution in [1.82, 2.24) is 20.2 Å². The van der Waals surface area contributed by atoms with Gasteiger partial charge < -0.3 is 5.32 Å². The lowest BCUT2D eigenvalue weighted by Gasteiger charge is -2.13. The zero-order valence-electron chi connectivity index (χ0n) is 14.3. The first-order chi connectivity index (χ1) is 12.1. The summed E-state index contributed by atoms with van der Waals surface area (Å²) in [6, 6.07) is 15.4. The molecule has 0 aliphatic rings. The van der Waals surface area contributed by atoms with Crippen LogP contribution in [0.4, 0.5) is 5.69 Å². The van der Waals surface area contributed by atoms with Crippen LogP contribution >= 0.6 is 11.8 Å². The number of carbonyl (C=O) groups is 1. The fourth-order valence-corrected chi connectivity index (χ4v) is 3.30. The normalized spacial score (nSPS) is 12.0. The second kappa shape index (κ2) is 7.48. The third-order valence-electron chi connectivity index (χ3n) is 3.78. The van der Waals surface area contributed by atoms with Gasteiger partial charge in [-0.3, -0.25) is 4.79 Å². The summed E-state index contributed by atoms with van der Waals surface area (Å²) >= 11 is 1.33. The van der Waals surface area contributed by atoms with Crippen molar-refractivity contribution in [1.29, 1.82) is 0 Å². The maximum atomic E-state index is 12.4. The van der Waals surface area contributed by atoms with Crippen LogP contribution in [0.1, 0.15) is 18.1 Å². The van der Waals surface area contributed by atoms with Crippen LogP contribution in [-0.4, -0.2) is 31.4 Å². The molecule has 1 amide bonds. The van der Waals surface area contributed by atoms with Gasteiger partial charge in [-0.1, -0.05) is 48.2 Å². The molecule has 0 spiro atoms. The third-order valence-corrected chi connectivity index (χ3v) is 4.82. The van der Waals surface area contributed by atoms with Gasteiger partial charge in [0.05, 0.1) is 10.9 Å². The van der Waals surface area contributed by atoms with E-state index in [1.807, 2.05) is 69.3 Å². The number of aryl methyl sites for hydroxylation is 2. The van der Waals surface area contributed by atoms with Gasteiger partial charge in [0.25, 0.3) is 0 Å². The summed E-state index contributed by atoms with van der Waals surface area (Å²) in [6.07, 6.45) is 0. The molecule has 25 heavy (non-hydrogen) atoms. The van der Waals surface area contributed by atoms with E-state index < -0.39 is 0 Å². The number of hydrogen-bond acceptors (Lipinski definition) is 5. The second-order valence-electron chi connectivity index (χ2n) is 5.73. The molecule has 0 bridgehead atoms. The number of thioether (sulfide) groups is 1. The van der Waals surface area contributed by atoms with Gasteiger partial charge in [-0.05, 0) is 54.5 Å². The van der Waals surface area contributed by atoms with Gasteiger partial charge in [-0.25, -0.2) is 0 Å². The smallest absolute Gasteiger partial charge is 0.237 e. The number of benzene rings is 2. The fraction of sp³-hybridized carbons (Fsp3) is 0.222. The summed E-state index contributed by atoms with van der Waals surface area (Å²) < 4.78 is 1.70. The standard InChI is InChI=1S/C18H19N5OS/c1-12-8-7-9-13(2)16(12)23-18(20-21-22-23)25-14(3)17(24)19-15-10-5-4-6-11-15/h4-11,14H,1-3H3,(H,19,24)/t14-/m0/s1. The number of para-hydroxylation sites is 2. The predicted octanol–water partition coefficient (Wildman–Crippen LogP) is 3.40. The van der Waals surface area contributed by atoms with Crippen LogP contribution in [0.25, 0.3) is 5.69 Å². The average Bonchev–Trinajstić information content (AvgIpc) is 3.03. The van der Waals surface area contributed by atoms with Crippen molar-refractivity contribution < 1.29 is 4.79 Å². The number of rotatable bonds is 5. The molecule has 128 valence electrons. The largest absolute Gasteiger partial charge is 0.325 e. The molecule has 0 fully saturated rings. The van der Waals surface area contributed by atoms with E-state index in [-0.39, 0.29) is 11.2 Å². The zero-order valence-corrected chi connectivity index (χ0v) is 15.1. The predicted molar refractivity (Wildman–Crippen MR) is 99.0 cm³/mol. The van der Waals surface area contributed by atoms with Crippen molar-refractivity contribution in [3.63, 3.8) is 0 Å². The molecule has 6 nitrogen and oxygen atoms in total. The first-order valence-corrected chi connectivity index (χ1v) is 8.82. The van der Waals surface area contributed by atoms with Crippen molar-refractivity contribution >= 4 is 23.4 Å². The molecule has 0 unspecified atom stereocenters. The Hall–Kier alpha value is -2.67. The minimum Gasteiger partial charge on any atom is -0.325 e. The van der Waals surface area contributed by atoms with Gasteiger partial charge in [0.2, 0.25) is 11.1 Å². The molecule has 0 aliphatic carbocycles. The van der Waals surface area contributed by atoms with Crippen LogP contribution in [0.15, 0.2) is 53.7 Å². The molecule has 3 aromatic rings. The summed E-state index contributed by atoms with van der Waals surface area (Å²) in [7, 11) is 0. The van der Waals surface area contributed by atoms with Gasteiger partial charge in [0, 0.05) is 5.69 Å². The van der Waals surface area contributed by atoms with Crippen molar-refractivity contribution in [2.45, 2.75) is 31.2 Å². The van der Waals surface area contributed by atoms with Crippen LogP contribution in [0, 0.1) is 13.8 Å². The van der Waals surface area contributed by atoms with Crippen LogP contribution in [0.2, 0.25) is 0 Å². The zero-order chi connectivity index (χ0) is 17.8. The van der Waals surface area contributed by atoms with E-state index in [4.69, 9.17) is 0 Å². The monoisotopic (exact) mass is 353 g/mol. The Morgan fingerprint density at radius 1 is 1.08 bits per heavy atom. The van der Waals surface area contributed by atoms with Crippen molar-refractivity contribution in [3.8, 4) is 5.69 Å². The highest BCUT2D eigenvalue weighted by Crippen LogP contribution is 2.26. The molecule has 0 aliphatic heterocycles. The van der Waals surface area contributed by atoms with E-state index in [9.17, 15) is 4.79 Å².